The van der Waals surface area contributed by atoms with E-state index >= 15 is 0 Å². The second-order valence-electron chi connectivity index (χ2n) is 3.96. The average molecular weight is 278 g/mol. The Labute approximate surface area is 118 Å². The van der Waals surface area contributed by atoms with Crippen molar-refractivity contribution in [1.82, 2.24) is 0 Å². The predicted molar refractivity (Wildman–Crippen MR) is 77.5 cm³/mol. The molecule has 0 amide bonds. The normalized spacial score (nSPS) is 9.79. The minimum Gasteiger partial charge on any atom is -0.468 e. The number of hydrogen-bond donors (Lipinski definition) is 0. The zero-order chi connectivity index (χ0) is 14.3. The highest BCUT2D eigenvalue weighted by Gasteiger charge is 2.16. The van der Waals surface area contributed by atoms with Crippen molar-refractivity contribution in [1.29, 1.82) is 5.26 Å². The van der Waals surface area contributed by atoms with Gasteiger partial charge in [-0.25, -0.2) is 0 Å². The molecule has 0 aromatic heterocycles. The number of esters is 1. The van der Waals surface area contributed by atoms with Crippen LogP contribution in [-0.4, -0.2) is 32.4 Å². The second-order valence-corrected chi connectivity index (χ2v) is 4.81. The van der Waals surface area contributed by atoms with Gasteiger partial charge in [-0.1, -0.05) is 13.0 Å². The molecule has 19 heavy (non-hydrogen) atoms. The number of rotatable bonds is 6. The van der Waals surface area contributed by atoms with Crippen molar-refractivity contribution >= 4 is 23.4 Å². The number of carbonyl (C=O) groups is 1. The van der Waals surface area contributed by atoms with Crippen LogP contribution in [-0.2, 0) is 9.53 Å². The number of hydrogen-bond acceptors (Lipinski definition) is 5. The van der Waals surface area contributed by atoms with E-state index in [1.54, 1.807) is 0 Å². The summed E-state index contributed by atoms with van der Waals surface area (Å²) < 4.78 is 4.71. The Morgan fingerprint density at radius 1 is 1.53 bits per heavy atom. The molecular formula is C14H18N2O2S. The number of ether oxygens (including phenoxy) is 1. The number of carbonyl (C=O) groups excluding carboxylic acids is 1. The number of benzene rings is 1. The van der Waals surface area contributed by atoms with Gasteiger partial charge in [-0.2, -0.15) is 5.26 Å². The Morgan fingerprint density at radius 2 is 2.26 bits per heavy atom. The number of nitriles is 1. The molecule has 102 valence electrons. The maximum absolute atomic E-state index is 11.5. The molecule has 0 aliphatic carbocycles. The lowest BCUT2D eigenvalue weighted by molar-refractivity contribution is -0.138. The summed E-state index contributed by atoms with van der Waals surface area (Å²) >= 11 is 1.53. The highest BCUT2D eigenvalue weighted by atomic mass is 32.2. The second kappa shape index (κ2) is 7.70. The van der Waals surface area contributed by atoms with Crippen molar-refractivity contribution in [2.24, 2.45) is 0 Å². The van der Waals surface area contributed by atoms with Crippen LogP contribution in [0.2, 0.25) is 0 Å². The first kappa shape index (κ1) is 15.4. The van der Waals surface area contributed by atoms with Gasteiger partial charge in [0.25, 0.3) is 0 Å². The van der Waals surface area contributed by atoms with Gasteiger partial charge in [0.15, 0.2) is 0 Å². The number of methoxy groups -OCH3 is 1. The molecule has 0 saturated heterocycles. The van der Waals surface area contributed by atoms with Gasteiger partial charge in [-0.05, 0) is 24.8 Å². The molecular weight excluding hydrogens is 260 g/mol. The number of anilines is 1. The van der Waals surface area contributed by atoms with Crippen LogP contribution in [0.4, 0.5) is 5.69 Å². The smallest absolute Gasteiger partial charge is 0.325 e. The highest BCUT2D eigenvalue weighted by Crippen LogP contribution is 2.29. The predicted octanol–water partition coefficient (Wildman–Crippen LogP) is 2.67. The Hall–Kier alpha value is -1.67. The third-order valence-corrected chi connectivity index (χ3v) is 3.50. The molecule has 5 heteroatoms. The zero-order valence-corrected chi connectivity index (χ0v) is 12.3. The molecule has 0 unspecified atom stereocenters. The summed E-state index contributed by atoms with van der Waals surface area (Å²) in [6, 6.07) is 7.92. The van der Waals surface area contributed by atoms with E-state index < -0.39 is 0 Å². The molecule has 0 saturated carbocycles. The van der Waals surface area contributed by atoms with Crippen LogP contribution in [0, 0.1) is 11.3 Å². The molecule has 0 N–H and O–H groups in total. The number of thioether (sulfide) groups is 1. The van der Waals surface area contributed by atoms with Gasteiger partial charge < -0.3 is 9.64 Å². The van der Waals surface area contributed by atoms with Gasteiger partial charge in [0.05, 0.1) is 18.4 Å². The summed E-state index contributed by atoms with van der Waals surface area (Å²) in [6.07, 6.45) is 2.83. The quantitative estimate of drug-likeness (QED) is 0.591. The van der Waals surface area contributed by atoms with Crippen molar-refractivity contribution in [3.05, 3.63) is 23.8 Å². The molecule has 0 aliphatic rings. The fourth-order valence-corrected chi connectivity index (χ4v) is 2.41. The molecule has 0 fully saturated rings. The summed E-state index contributed by atoms with van der Waals surface area (Å²) in [5.74, 6) is -0.299. The van der Waals surface area contributed by atoms with E-state index in [1.165, 1.54) is 18.9 Å². The highest BCUT2D eigenvalue weighted by molar-refractivity contribution is 7.98. The zero-order valence-electron chi connectivity index (χ0n) is 11.5. The van der Waals surface area contributed by atoms with Crippen LogP contribution in [0.1, 0.15) is 18.9 Å². The van der Waals surface area contributed by atoms with E-state index in [1.807, 2.05) is 36.3 Å². The van der Waals surface area contributed by atoms with Gasteiger partial charge in [0, 0.05) is 11.4 Å². The molecule has 0 aliphatic heterocycles. The van der Waals surface area contributed by atoms with Crippen LogP contribution in [0.15, 0.2) is 23.1 Å². The van der Waals surface area contributed by atoms with Crippen LogP contribution < -0.4 is 4.90 Å². The summed E-state index contributed by atoms with van der Waals surface area (Å²) in [6.45, 7) is 2.91. The molecule has 0 radical (unpaired) electrons. The van der Waals surface area contributed by atoms with E-state index in [0.29, 0.717) is 12.1 Å². The lowest BCUT2D eigenvalue weighted by Gasteiger charge is -2.24. The first-order chi connectivity index (χ1) is 9.17. The molecule has 1 aromatic carbocycles. The standard InChI is InChI=1S/C14H18N2O2S/c1-4-8-16(10-14(17)18-2)12-6-5-7-13(19-3)11(12)9-15/h5-7H,4,8,10H2,1-3H3. The summed E-state index contributed by atoms with van der Waals surface area (Å²) in [4.78, 5) is 14.3. The third-order valence-electron chi connectivity index (χ3n) is 2.72. The lowest BCUT2D eigenvalue weighted by atomic mass is 10.1. The Balaban J connectivity index is 3.15. The van der Waals surface area contributed by atoms with Crippen molar-refractivity contribution < 1.29 is 9.53 Å². The summed E-state index contributed by atoms with van der Waals surface area (Å²) in [7, 11) is 1.37. The first-order valence-corrected chi connectivity index (χ1v) is 7.29. The summed E-state index contributed by atoms with van der Waals surface area (Å²) in [5.41, 5.74) is 1.41. The Morgan fingerprint density at radius 3 is 2.79 bits per heavy atom. The minimum absolute atomic E-state index is 0.164. The SMILES string of the molecule is CCCN(CC(=O)OC)c1cccc(SC)c1C#N. The maximum atomic E-state index is 11.5. The molecule has 4 nitrogen and oxygen atoms in total. The van der Waals surface area contributed by atoms with Crippen molar-refractivity contribution in [3.8, 4) is 6.07 Å². The maximum Gasteiger partial charge on any atom is 0.325 e. The monoisotopic (exact) mass is 278 g/mol. The topological polar surface area (TPSA) is 53.3 Å². The fraction of sp³-hybridized carbons (Fsp3) is 0.429. The van der Waals surface area contributed by atoms with Gasteiger partial charge in [-0.3, -0.25) is 4.79 Å². The molecule has 0 bridgehead atoms. The van der Waals surface area contributed by atoms with Crippen LogP contribution in [0.3, 0.4) is 0 Å². The van der Waals surface area contributed by atoms with Crippen molar-refractivity contribution in [2.45, 2.75) is 18.2 Å². The van der Waals surface area contributed by atoms with Crippen LogP contribution in [0.5, 0.6) is 0 Å². The van der Waals surface area contributed by atoms with Crippen molar-refractivity contribution in [3.63, 3.8) is 0 Å². The lowest BCUT2D eigenvalue weighted by Crippen LogP contribution is -2.31. The van der Waals surface area contributed by atoms with E-state index in [9.17, 15) is 10.1 Å². The van der Waals surface area contributed by atoms with Gasteiger partial charge >= 0.3 is 5.97 Å². The number of nitrogens with zero attached hydrogens (tertiary/aromatic N) is 2. The van der Waals surface area contributed by atoms with E-state index in [2.05, 4.69) is 6.07 Å². The van der Waals surface area contributed by atoms with E-state index in [-0.39, 0.29) is 12.5 Å². The molecule has 1 rings (SSSR count). The molecule has 0 heterocycles. The average Bonchev–Trinajstić information content (AvgIpc) is 2.45. The Bertz CT molecular complexity index is 483. The van der Waals surface area contributed by atoms with Crippen LogP contribution in [0.25, 0.3) is 0 Å². The van der Waals surface area contributed by atoms with E-state index in [4.69, 9.17) is 4.74 Å². The molecule has 1 aromatic rings. The third kappa shape index (κ3) is 3.90. The van der Waals surface area contributed by atoms with Gasteiger partial charge in [-0.15, -0.1) is 11.8 Å². The Kier molecular flexibility index (Phi) is 6.23. The first-order valence-electron chi connectivity index (χ1n) is 6.06. The van der Waals surface area contributed by atoms with Crippen molar-refractivity contribution in [2.75, 3.05) is 31.4 Å². The minimum atomic E-state index is -0.299. The largest absolute Gasteiger partial charge is 0.468 e. The molecule has 0 atom stereocenters. The molecule has 0 spiro atoms. The van der Waals surface area contributed by atoms with E-state index in [0.717, 1.165) is 17.0 Å². The fourth-order valence-electron chi connectivity index (χ4n) is 1.84. The van der Waals surface area contributed by atoms with Gasteiger partial charge in [0.1, 0.15) is 12.6 Å². The van der Waals surface area contributed by atoms with Gasteiger partial charge in [0.2, 0.25) is 0 Å². The summed E-state index contributed by atoms with van der Waals surface area (Å²) in [5, 5.41) is 9.33. The van der Waals surface area contributed by atoms with Crippen LogP contribution >= 0.6 is 11.8 Å².